The first-order chi connectivity index (χ1) is 19.9. The lowest BCUT2D eigenvalue weighted by molar-refractivity contribution is -0.156. The van der Waals surface area contributed by atoms with E-state index >= 15 is 0 Å². The molecule has 0 spiro atoms. The summed E-state index contributed by atoms with van der Waals surface area (Å²) in [5.74, 6) is 0.232. The van der Waals surface area contributed by atoms with Gasteiger partial charge in [0.15, 0.2) is 0 Å². The summed E-state index contributed by atoms with van der Waals surface area (Å²) in [5, 5.41) is 14.3. The number of hydrogen-bond donors (Lipinski definition) is 2. The smallest absolute Gasteiger partial charge is 0.245 e. The van der Waals surface area contributed by atoms with Crippen LogP contribution in [0.2, 0.25) is 0 Å². The van der Waals surface area contributed by atoms with Gasteiger partial charge in [0.2, 0.25) is 24.1 Å². The van der Waals surface area contributed by atoms with E-state index in [0.29, 0.717) is 56.2 Å². The third-order valence-corrected chi connectivity index (χ3v) is 9.51. The van der Waals surface area contributed by atoms with Crippen molar-refractivity contribution in [3.8, 4) is 0 Å². The van der Waals surface area contributed by atoms with Gasteiger partial charge in [0.05, 0.1) is 23.9 Å². The number of likely N-dealkylation sites (N-methyl/N-ethyl adjacent to an activating group) is 1. The quantitative estimate of drug-likeness (QED) is 0.152. The van der Waals surface area contributed by atoms with E-state index in [9.17, 15) is 24.4 Å². The van der Waals surface area contributed by atoms with E-state index in [4.69, 9.17) is 0 Å². The third-order valence-electron chi connectivity index (χ3n) is 8.58. The predicted molar refractivity (Wildman–Crippen MR) is 163 cm³/mol. The summed E-state index contributed by atoms with van der Waals surface area (Å²) in [6, 6.07) is 2.99. The Balaban J connectivity index is 1.61. The largest absolute Gasteiger partial charge is 0.344 e. The number of pyridine rings is 1. The van der Waals surface area contributed by atoms with Crippen LogP contribution < -0.4 is 5.32 Å². The molecular formula is C31H49N5O5S. The zero-order chi connectivity index (χ0) is 30.9. The fraction of sp³-hybridized carbons (Fsp3) is 0.710. The van der Waals surface area contributed by atoms with Gasteiger partial charge in [-0.05, 0) is 48.0 Å². The highest BCUT2D eigenvalue weighted by Crippen LogP contribution is 2.31. The number of hydroxylamine groups is 2. The van der Waals surface area contributed by atoms with Gasteiger partial charge in [-0.25, -0.2) is 10.0 Å². The van der Waals surface area contributed by atoms with Gasteiger partial charge in [0, 0.05) is 32.4 Å². The third kappa shape index (κ3) is 9.42. The normalized spacial score (nSPS) is 17.9. The Bertz CT molecular complexity index is 1070. The molecule has 10 nitrogen and oxygen atoms in total. The van der Waals surface area contributed by atoms with Crippen molar-refractivity contribution in [1.29, 1.82) is 0 Å². The Hall–Kier alpha value is -2.66. The maximum atomic E-state index is 13.8. The minimum absolute atomic E-state index is 0.0508. The van der Waals surface area contributed by atoms with E-state index in [-0.39, 0.29) is 30.3 Å². The second-order valence-corrected chi connectivity index (χ2v) is 14.0. The van der Waals surface area contributed by atoms with Gasteiger partial charge in [-0.3, -0.25) is 24.4 Å². The molecule has 2 fully saturated rings. The van der Waals surface area contributed by atoms with Gasteiger partial charge >= 0.3 is 0 Å². The van der Waals surface area contributed by atoms with Gasteiger partial charge in [-0.1, -0.05) is 59.4 Å². The summed E-state index contributed by atoms with van der Waals surface area (Å²) in [6.07, 6.45) is 8.56. The molecule has 1 saturated carbocycles. The monoisotopic (exact) mass is 603 g/mol. The van der Waals surface area contributed by atoms with Crippen molar-refractivity contribution in [3.05, 3.63) is 23.9 Å². The van der Waals surface area contributed by atoms with Crippen LogP contribution in [0.5, 0.6) is 0 Å². The van der Waals surface area contributed by atoms with E-state index in [0.717, 1.165) is 42.0 Å². The number of aromatic nitrogens is 1. The number of piperidine rings is 1. The number of nitrogens with zero attached hydrogens (tertiary/aromatic N) is 4. The Kier molecular flexibility index (Phi) is 12.7. The first-order valence-electron chi connectivity index (χ1n) is 15.3. The number of amides is 4. The molecule has 42 heavy (non-hydrogen) atoms. The molecule has 2 aliphatic rings. The second kappa shape index (κ2) is 15.7. The van der Waals surface area contributed by atoms with E-state index < -0.39 is 17.4 Å². The summed E-state index contributed by atoms with van der Waals surface area (Å²) in [7, 11) is 1.77. The number of nitrogens with one attached hydrogen (secondary N) is 1. The van der Waals surface area contributed by atoms with Crippen molar-refractivity contribution in [2.75, 3.05) is 32.4 Å². The van der Waals surface area contributed by atoms with Crippen LogP contribution in [-0.2, 0) is 25.6 Å². The lowest BCUT2D eigenvalue weighted by Gasteiger charge is -2.40. The molecule has 2 heterocycles. The summed E-state index contributed by atoms with van der Waals surface area (Å²) in [5.41, 5.74) is 0.382. The molecule has 0 bridgehead atoms. The summed E-state index contributed by atoms with van der Waals surface area (Å²) in [4.78, 5) is 59.5. The van der Waals surface area contributed by atoms with E-state index in [1.165, 1.54) is 0 Å². The van der Waals surface area contributed by atoms with Crippen LogP contribution in [0.25, 0.3) is 0 Å². The summed E-state index contributed by atoms with van der Waals surface area (Å²) >= 11 is 1.63. The second-order valence-electron chi connectivity index (χ2n) is 12.8. The van der Waals surface area contributed by atoms with Crippen molar-refractivity contribution >= 4 is 35.9 Å². The first kappa shape index (κ1) is 33.8. The molecule has 3 rings (SSSR count). The van der Waals surface area contributed by atoms with Gasteiger partial charge in [0.25, 0.3) is 0 Å². The minimum atomic E-state index is -0.774. The molecule has 234 valence electrons. The van der Waals surface area contributed by atoms with E-state index in [2.05, 4.69) is 17.2 Å². The molecule has 0 unspecified atom stereocenters. The van der Waals surface area contributed by atoms with Crippen LogP contribution in [0.1, 0.15) is 78.2 Å². The predicted octanol–water partition coefficient (Wildman–Crippen LogP) is 3.76. The number of likely N-dealkylation sites (tertiary alicyclic amines) is 1. The van der Waals surface area contributed by atoms with Gasteiger partial charge < -0.3 is 15.1 Å². The molecule has 2 N–H and O–H groups in total. The maximum Gasteiger partial charge on any atom is 0.245 e. The van der Waals surface area contributed by atoms with Crippen molar-refractivity contribution < 1.29 is 24.4 Å². The van der Waals surface area contributed by atoms with Crippen LogP contribution in [0.3, 0.4) is 0 Å². The average molecular weight is 604 g/mol. The first-order valence-corrected chi connectivity index (χ1v) is 16.2. The van der Waals surface area contributed by atoms with E-state index in [1.807, 2.05) is 37.8 Å². The lowest BCUT2D eigenvalue weighted by Crippen LogP contribution is -2.58. The van der Waals surface area contributed by atoms with Crippen LogP contribution in [0.4, 0.5) is 0 Å². The zero-order valence-electron chi connectivity index (χ0n) is 25.9. The Labute approximate surface area is 254 Å². The topological polar surface area (TPSA) is 123 Å². The van der Waals surface area contributed by atoms with Crippen LogP contribution >= 0.6 is 11.8 Å². The Morgan fingerprint density at radius 3 is 2.45 bits per heavy atom. The van der Waals surface area contributed by atoms with Crippen LogP contribution in [0.15, 0.2) is 23.4 Å². The molecule has 1 saturated heterocycles. The number of carbonyl (C=O) groups is 4. The minimum Gasteiger partial charge on any atom is -0.344 e. The van der Waals surface area contributed by atoms with Crippen molar-refractivity contribution in [2.24, 2.45) is 17.3 Å². The number of thioether (sulfide) groups is 1. The van der Waals surface area contributed by atoms with Gasteiger partial charge in [-0.2, -0.15) is 0 Å². The molecule has 1 aromatic heterocycles. The van der Waals surface area contributed by atoms with Crippen molar-refractivity contribution in [1.82, 2.24) is 25.2 Å². The van der Waals surface area contributed by atoms with Crippen LogP contribution in [-0.4, -0.2) is 93.7 Å². The molecule has 2 atom stereocenters. The highest BCUT2D eigenvalue weighted by molar-refractivity contribution is 7.99. The highest BCUT2D eigenvalue weighted by atomic mass is 32.2. The SMILES string of the molecule is CCSc1ncccc1CC(=O)N1CCC(N(C)C(=O)[C@@H](NC(=O)[C@H](CC2CCCC2)CN(O)C=O)C(C)(C)C)CC1. The van der Waals surface area contributed by atoms with Crippen molar-refractivity contribution in [2.45, 2.75) is 96.2 Å². The molecule has 0 aromatic carbocycles. The molecule has 1 aliphatic heterocycles. The zero-order valence-corrected chi connectivity index (χ0v) is 26.7. The molecular weight excluding hydrogens is 554 g/mol. The maximum absolute atomic E-state index is 13.8. The molecule has 1 aliphatic carbocycles. The summed E-state index contributed by atoms with van der Waals surface area (Å²) < 4.78 is 0. The van der Waals surface area contributed by atoms with Crippen molar-refractivity contribution in [3.63, 3.8) is 0 Å². The average Bonchev–Trinajstić information content (AvgIpc) is 3.48. The molecule has 11 heteroatoms. The number of carbonyl (C=O) groups excluding carboxylic acids is 4. The molecule has 0 radical (unpaired) electrons. The fourth-order valence-electron chi connectivity index (χ4n) is 6.08. The fourth-order valence-corrected chi connectivity index (χ4v) is 6.81. The standard InChI is InChI=1S/C31H49N5O5S/c1-6-42-29-23(12-9-15-32-29)19-26(38)35-16-13-25(14-17-35)34(5)30(40)27(31(2,3)4)33-28(39)24(20-36(41)21-37)18-22-10-7-8-11-22/h9,12,15,21-22,24-25,27,41H,6-8,10-11,13-14,16-20H2,1-5H3,(H,33,39)/t24-,27-/m1/s1. The highest BCUT2D eigenvalue weighted by Gasteiger charge is 2.39. The lowest BCUT2D eigenvalue weighted by atomic mass is 9.84. The van der Waals surface area contributed by atoms with E-state index in [1.54, 1.807) is 29.9 Å². The van der Waals surface area contributed by atoms with Crippen LogP contribution in [0, 0.1) is 17.3 Å². The number of rotatable bonds is 13. The van der Waals surface area contributed by atoms with Gasteiger partial charge in [-0.15, -0.1) is 11.8 Å². The summed E-state index contributed by atoms with van der Waals surface area (Å²) in [6.45, 7) is 8.85. The Morgan fingerprint density at radius 2 is 1.86 bits per heavy atom. The Morgan fingerprint density at radius 1 is 1.19 bits per heavy atom. The number of hydrogen-bond acceptors (Lipinski definition) is 7. The van der Waals surface area contributed by atoms with Gasteiger partial charge in [0.1, 0.15) is 6.04 Å². The molecule has 4 amide bonds. The molecule has 1 aromatic rings.